The fourth-order valence-electron chi connectivity index (χ4n) is 3.05. The molecule has 0 saturated carbocycles. The quantitative estimate of drug-likeness (QED) is 0.511. The average molecular weight is 461 g/mol. The Hall–Kier alpha value is -3.30. The first kappa shape index (κ1) is 23.4. The van der Waals surface area contributed by atoms with Gasteiger partial charge in [-0.05, 0) is 42.5 Å². The summed E-state index contributed by atoms with van der Waals surface area (Å²) in [6, 6.07) is 15.3. The van der Waals surface area contributed by atoms with E-state index in [2.05, 4.69) is 5.32 Å². The van der Waals surface area contributed by atoms with E-state index in [1.165, 1.54) is 22.5 Å². The molecule has 1 amide bonds. The van der Waals surface area contributed by atoms with Crippen LogP contribution in [-0.4, -0.2) is 31.7 Å². The molecule has 3 aromatic carbocycles. The van der Waals surface area contributed by atoms with E-state index in [1.807, 2.05) is 0 Å². The zero-order valence-corrected chi connectivity index (χ0v) is 18.3. The molecule has 0 aliphatic rings. The van der Waals surface area contributed by atoms with Crippen molar-refractivity contribution in [2.75, 3.05) is 18.4 Å². The molecule has 0 bridgehead atoms. The fourth-order valence-corrected chi connectivity index (χ4v) is 4.53. The maximum atomic E-state index is 14.1. The largest absolute Gasteiger partial charge is 0.455 e. The Morgan fingerprint density at radius 1 is 0.969 bits per heavy atom. The number of halogens is 2. The molecule has 1 N–H and O–H groups in total. The third-order valence-electron chi connectivity index (χ3n) is 4.69. The Morgan fingerprint density at radius 3 is 2.28 bits per heavy atom. The molecule has 0 spiro atoms. The van der Waals surface area contributed by atoms with Crippen LogP contribution in [0.5, 0.6) is 11.5 Å². The number of para-hydroxylation sites is 1. The number of nitrogens with one attached hydrogen (secondary N) is 1. The highest BCUT2D eigenvalue weighted by molar-refractivity contribution is 7.89. The van der Waals surface area contributed by atoms with E-state index in [1.54, 1.807) is 44.2 Å². The van der Waals surface area contributed by atoms with Crippen molar-refractivity contribution in [1.82, 2.24) is 4.31 Å². The van der Waals surface area contributed by atoms with E-state index < -0.39 is 33.1 Å². The number of anilines is 1. The number of amides is 1. The second-order valence-corrected chi connectivity index (χ2v) is 8.68. The third-order valence-corrected chi connectivity index (χ3v) is 6.74. The monoisotopic (exact) mass is 460 g/mol. The first-order chi connectivity index (χ1) is 15.3. The fraction of sp³-hybridized carbons (Fsp3) is 0.174. The van der Waals surface area contributed by atoms with Crippen LogP contribution in [0.1, 0.15) is 24.2 Å². The van der Waals surface area contributed by atoms with Crippen molar-refractivity contribution in [3.63, 3.8) is 0 Å². The summed E-state index contributed by atoms with van der Waals surface area (Å²) in [4.78, 5) is 12.6. The van der Waals surface area contributed by atoms with Crippen molar-refractivity contribution < 1.29 is 26.7 Å². The summed E-state index contributed by atoms with van der Waals surface area (Å²) >= 11 is 0. The summed E-state index contributed by atoms with van der Waals surface area (Å²) in [5.41, 5.74) is -0.370. The second kappa shape index (κ2) is 9.88. The average Bonchev–Trinajstić information content (AvgIpc) is 2.76. The number of ether oxygens (including phenoxy) is 1. The maximum Gasteiger partial charge on any atom is 0.258 e. The molecule has 0 heterocycles. The minimum absolute atomic E-state index is 0.0239. The number of benzene rings is 3. The van der Waals surface area contributed by atoms with Crippen molar-refractivity contribution in [3.8, 4) is 11.5 Å². The summed E-state index contributed by atoms with van der Waals surface area (Å²) in [6.07, 6.45) is 0. The number of sulfonamides is 1. The molecule has 0 aliphatic carbocycles. The molecule has 0 aromatic heterocycles. The lowest BCUT2D eigenvalue weighted by Crippen LogP contribution is -2.30. The molecule has 0 unspecified atom stereocenters. The smallest absolute Gasteiger partial charge is 0.258 e. The zero-order valence-electron chi connectivity index (χ0n) is 17.5. The molecule has 32 heavy (non-hydrogen) atoms. The van der Waals surface area contributed by atoms with E-state index in [0.717, 1.165) is 12.1 Å². The Kier molecular flexibility index (Phi) is 7.22. The standard InChI is InChI=1S/C23H22F2N2O4S/c1-3-27(4-2)32(29,30)18-11-13-22(31-17-8-6-5-7-9-17)21(15-18)26-23(28)19-12-10-16(24)14-20(19)25/h5-15H,3-4H2,1-2H3,(H,26,28). The summed E-state index contributed by atoms with van der Waals surface area (Å²) in [5, 5.41) is 2.49. The Balaban J connectivity index is 2.03. The van der Waals surface area contributed by atoms with Gasteiger partial charge < -0.3 is 10.1 Å². The van der Waals surface area contributed by atoms with E-state index in [4.69, 9.17) is 4.74 Å². The lowest BCUT2D eigenvalue weighted by Gasteiger charge is -2.20. The number of carbonyl (C=O) groups excluding carboxylic acids is 1. The predicted molar refractivity (Wildman–Crippen MR) is 117 cm³/mol. The summed E-state index contributed by atoms with van der Waals surface area (Å²) in [7, 11) is -3.82. The zero-order chi connectivity index (χ0) is 23.3. The van der Waals surface area contributed by atoms with Crippen LogP contribution < -0.4 is 10.1 Å². The SMILES string of the molecule is CCN(CC)S(=O)(=O)c1ccc(Oc2ccccc2)c(NC(=O)c2ccc(F)cc2F)c1. The molecule has 0 fully saturated rings. The molecule has 0 atom stereocenters. The summed E-state index contributed by atoms with van der Waals surface area (Å²) < 4.78 is 60.2. The van der Waals surface area contributed by atoms with Gasteiger partial charge in [0.1, 0.15) is 17.4 Å². The lowest BCUT2D eigenvalue weighted by atomic mass is 10.2. The van der Waals surface area contributed by atoms with Gasteiger partial charge in [0.2, 0.25) is 10.0 Å². The van der Waals surface area contributed by atoms with Crippen LogP contribution in [0.15, 0.2) is 71.6 Å². The molecule has 3 aromatic rings. The highest BCUT2D eigenvalue weighted by Crippen LogP contribution is 2.33. The van der Waals surface area contributed by atoms with Gasteiger partial charge in [-0.1, -0.05) is 32.0 Å². The van der Waals surface area contributed by atoms with Gasteiger partial charge in [0.05, 0.1) is 16.1 Å². The van der Waals surface area contributed by atoms with Gasteiger partial charge in [0.15, 0.2) is 5.75 Å². The van der Waals surface area contributed by atoms with Gasteiger partial charge in [-0.15, -0.1) is 0 Å². The first-order valence-corrected chi connectivity index (χ1v) is 11.3. The molecular weight excluding hydrogens is 438 g/mol. The van der Waals surface area contributed by atoms with E-state index in [-0.39, 0.29) is 29.4 Å². The van der Waals surface area contributed by atoms with Gasteiger partial charge in [0.25, 0.3) is 5.91 Å². The van der Waals surface area contributed by atoms with Gasteiger partial charge in [-0.25, -0.2) is 17.2 Å². The molecule has 9 heteroatoms. The van der Waals surface area contributed by atoms with Crippen LogP contribution in [0.25, 0.3) is 0 Å². The molecule has 0 radical (unpaired) electrons. The summed E-state index contributed by atoms with van der Waals surface area (Å²) in [5.74, 6) is -2.13. The number of carbonyl (C=O) groups is 1. The van der Waals surface area contributed by atoms with E-state index >= 15 is 0 Å². The topological polar surface area (TPSA) is 75.7 Å². The second-order valence-electron chi connectivity index (χ2n) is 6.74. The number of hydrogen-bond donors (Lipinski definition) is 1. The normalized spacial score (nSPS) is 11.4. The van der Waals surface area contributed by atoms with Crippen molar-refractivity contribution in [2.45, 2.75) is 18.7 Å². The van der Waals surface area contributed by atoms with Gasteiger partial charge in [-0.2, -0.15) is 4.31 Å². The van der Waals surface area contributed by atoms with Gasteiger partial charge in [-0.3, -0.25) is 4.79 Å². The maximum absolute atomic E-state index is 14.1. The predicted octanol–water partition coefficient (Wildman–Crippen LogP) is 5.04. The van der Waals surface area contributed by atoms with Gasteiger partial charge >= 0.3 is 0 Å². The van der Waals surface area contributed by atoms with Crippen molar-refractivity contribution in [3.05, 3.63) is 83.9 Å². The van der Waals surface area contributed by atoms with Crippen molar-refractivity contribution >= 4 is 21.6 Å². The molecule has 3 rings (SSSR count). The lowest BCUT2D eigenvalue weighted by molar-refractivity contribution is 0.102. The van der Waals surface area contributed by atoms with E-state index in [9.17, 15) is 22.0 Å². The van der Waals surface area contributed by atoms with Crippen LogP contribution in [0, 0.1) is 11.6 Å². The van der Waals surface area contributed by atoms with Crippen molar-refractivity contribution in [1.29, 1.82) is 0 Å². The van der Waals surface area contributed by atoms with Crippen LogP contribution in [0.4, 0.5) is 14.5 Å². The minimum atomic E-state index is -3.82. The van der Waals surface area contributed by atoms with Crippen LogP contribution >= 0.6 is 0 Å². The molecule has 6 nitrogen and oxygen atoms in total. The highest BCUT2D eigenvalue weighted by atomic mass is 32.2. The Morgan fingerprint density at radius 2 is 1.66 bits per heavy atom. The molecule has 168 valence electrons. The Labute approximate surface area is 185 Å². The van der Waals surface area contributed by atoms with Crippen LogP contribution in [0.2, 0.25) is 0 Å². The van der Waals surface area contributed by atoms with Crippen LogP contribution in [-0.2, 0) is 10.0 Å². The molecule has 0 saturated heterocycles. The van der Waals surface area contributed by atoms with Gasteiger partial charge in [0, 0.05) is 19.2 Å². The molecular formula is C23H22F2N2O4S. The highest BCUT2D eigenvalue weighted by Gasteiger charge is 2.24. The minimum Gasteiger partial charge on any atom is -0.455 e. The van der Waals surface area contributed by atoms with Crippen molar-refractivity contribution in [2.24, 2.45) is 0 Å². The van der Waals surface area contributed by atoms with E-state index in [0.29, 0.717) is 11.8 Å². The molecule has 0 aliphatic heterocycles. The third kappa shape index (κ3) is 5.12. The van der Waals surface area contributed by atoms with Crippen LogP contribution in [0.3, 0.4) is 0 Å². The number of hydrogen-bond acceptors (Lipinski definition) is 4. The summed E-state index contributed by atoms with van der Waals surface area (Å²) in [6.45, 7) is 3.97. The first-order valence-electron chi connectivity index (χ1n) is 9.89. The number of rotatable bonds is 8. The number of nitrogens with zero attached hydrogens (tertiary/aromatic N) is 1. The Bertz CT molecular complexity index is 1210.